The number of nitrogen functional groups attached to an aromatic ring is 1. The second-order valence-electron chi connectivity index (χ2n) is 10.1. The summed E-state index contributed by atoms with van der Waals surface area (Å²) < 4.78 is 15.3. The van der Waals surface area contributed by atoms with Crippen LogP contribution in [0.25, 0.3) is 5.57 Å². The molecular weight excluding hydrogens is 476 g/mol. The normalized spacial score (nSPS) is 15.2. The average molecular weight is 504 g/mol. The number of nitrogens with two attached hydrogens (primary N) is 1. The lowest BCUT2D eigenvalue weighted by Gasteiger charge is -2.27. The number of aromatic carboxylic acids is 1. The summed E-state index contributed by atoms with van der Waals surface area (Å²) in [5, 5.41) is 12.4. The van der Waals surface area contributed by atoms with Crippen molar-refractivity contribution in [3.63, 3.8) is 0 Å². The zero-order valence-electron chi connectivity index (χ0n) is 20.9. The molecule has 6 heteroatoms. The van der Waals surface area contributed by atoms with Crippen LogP contribution in [0.15, 0.2) is 72.8 Å². The first-order valence-corrected chi connectivity index (χ1v) is 13.1. The Bertz CT molecular complexity index is 1750. The van der Waals surface area contributed by atoms with Gasteiger partial charge in [0, 0.05) is 46.5 Å². The number of carboxylic acid groups (broad SMARTS) is 1. The Hall–Kier alpha value is -4.58. The van der Waals surface area contributed by atoms with Gasteiger partial charge < -0.3 is 20.3 Å². The fourth-order valence-corrected chi connectivity index (χ4v) is 6.10. The van der Waals surface area contributed by atoms with Crippen molar-refractivity contribution in [3.8, 4) is 23.0 Å². The van der Waals surface area contributed by atoms with Gasteiger partial charge in [-0.05, 0) is 66.9 Å². The van der Waals surface area contributed by atoms with Crippen LogP contribution in [0.2, 0.25) is 0 Å². The largest absolute Gasteiger partial charge is 0.478 e. The number of carboxylic acids is 1. The second-order valence-corrected chi connectivity index (χ2v) is 10.1. The lowest BCUT2D eigenvalue weighted by molar-refractivity contribution is 0.0696. The smallest absolute Gasteiger partial charge is 0.336 e. The van der Waals surface area contributed by atoms with E-state index in [2.05, 4.69) is 10.6 Å². The van der Waals surface area contributed by atoms with E-state index in [1.807, 2.05) is 42.5 Å². The molecule has 0 amide bonds. The van der Waals surface area contributed by atoms with Gasteiger partial charge in [-0.2, -0.15) is 0 Å². The SMILES string of the molecule is Nc1ccc(Oc2ccc3c(c2)Oc2c4c5c(cc2=C3c2ccccc2C(=O)O)CCC[N+]=5CCC4)cc1. The Kier molecular flexibility index (Phi) is 5.22. The first-order chi connectivity index (χ1) is 18.6. The monoisotopic (exact) mass is 503 g/mol. The van der Waals surface area contributed by atoms with E-state index < -0.39 is 5.97 Å². The number of aryl methyl sites for hydroxylation is 1. The molecule has 3 heterocycles. The summed E-state index contributed by atoms with van der Waals surface area (Å²) in [4.78, 5) is 12.3. The third-order valence-corrected chi connectivity index (χ3v) is 7.72. The molecule has 3 aliphatic heterocycles. The quantitative estimate of drug-likeness (QED) is 0.279. The van der Waals surface area contributed by atoms with Gasteiger partial charge in [-0.3, -0.25) is 0 Å². The van der Waals surface area contributed by atoms with Crippen LogP contribution in [0, 0.1) is 0 Å². The zero-order valence-corrected chi connectivity index (χ0v) is 20.9. The molecule has 4 aromatic rings. The van der Waals surface area contributed by atoms with Crippen molar-refractivity contribution in [2.45, 2.75) is 25.7 Å². The molecule has 0 spiro atoms. The molecular formula is C32H27N2O4+. The van der Waals surface area contributed by atoms with E-state index in [-0.39, 0.29) is 5.56 Å². The maximum Gasteiger partial charge on any atom is 0.336 e. The van der Waals surface area contributed by atoms with E-state index in [9.17, 15) is 9.90 Å². The molecule has 6 nitrogen and oxygen atoms in total. The minimum Gasteiger partial charge on any atom is -0.478 e. The van der Waals surface area contributed by atoms with E-state index >= 15 is 0 Å². The Morgan fingerprint density at radius 3 is 2.47 bits per heavy atom. The Morgan fingerprint density at radius 2 is 1.66 bits per heavy atom. The Balaban J connectivity index is 1.50. The van der Waals surface area contributed by atoms with Gasteiger partial charge >= 0.3 is 5.97 Å². The standard InChI is InChI=1S/C32H26N2O4/c33-20-9-11-21(12-10-20)37-22-13-14-25-28(18-22)38-31-26-8-4-16-34-15-3-5-19(30(26)34)17-27(31)29(25)23-6-1-2-7-24(23)32(35)36/h1-2,6-7,9-14,17-18H,3-5,8,15-16,33H2/p+1. The minimum atomic E-state index is -0.948. The number of benzene rings is 4. The number of hydrogen-bond donors (Lipinski definition) is 2. The molecule has 0 radical (unpaired) electrons. The van der Waals surface area contributed by atoms with Gasteiger partial charge in [-0.1, -0.05) is 18.2 Å². The molecule has 0 aliphatic carbocycles. The molecule has 0 saturated heterocycles. The highest BCUT2D eigenvalue weighted by Crippen LogP contribution is 2.41. The Morgan fingerprint density at radius 1 is 0.895 bits per heavy atom. The molecule has 0 fully saturated rings. The lowest BCUT2D eigenvalue weighted by Crippen LogP contribution is -2.45. The zero-order chi connectivity index (χ0) is 25.8. The summed E-state index contributed by atoms with van der Waals surface area (Å²) in [6, 6.07) is 22.5. The summed E-state index contributed by atoms with van der Waals surface area (Å²) in [7, 11) is 0. The summed E-state index contributed by atoms with van der Waals surface area (Å²) in [5.74, 6) is 1.86. The molecule has 0 bridgehead atoms. The Labute approximate surface area is 219 Å². The fraction of sp³-hybridized carbons (Fsp3) is 0.188. The van der Waals surface area contributed by atoms with Gasteiger partial charge in [0.1, 0.15) is 36.1 Å². The van der Waals surface area contributed by atoms with Crippen molar-refractivity contribution in [1.82, 2.24) is 4.58 Å². The number of carbonyl (C=O) groups is 1. The maximum absolute atomic E-state index is 12.3. The van der Waals surface area contributed by atoms with E-state index in [1.165, 1.54) is 16.5 Å². The van der Waals surface area contributed by atoms with Crippen molar-refractivity contribution < 1.29 is 19.4 Å². The van der Waals surface area contributed by atoms with Crippen LogP contribution in [0.3, 0.4) is 0 Å². The van der Waals surface area contributed by atoms with Crippen LogP contribution in [0.4, 0.5) is 5.69 Å². The molecule has 7 rings (SSSR count). The molecule has 0 aromatic heterocycles. The third kappa shape index (κ3) is 3.64. The van der Waals surface area contributed by atoms with Crippen LogP contribution >= 0.6 is 0 Å². The minimum absolute atomic E-state index is 0.275. The molecule has 0 saturated carbocycles. The highest BCUT2D eigenvalue weighted by atomic mass is 16.5. The van der Waals surface area contributed by atoms with Crippen molar-refractivity contribution in [3.05, 3.63) is 111 Å². The van der Waals surface area contributed by atoms with E-state index in [0.29, 0.717) is 28.5 Å². The van der Waals surface area contributed by atoms with E-state index in [0.717, 1.165) is 60.9 Å². The summed E-state index contributed by atoms with van der Waals surface area (Å²) in [6.45, 7) is 2.13. The number of anilines is 1. The average Bonchev–Trinajstić information content (AvgIpc) is 2.93. The molecule has 0 atom stereocenters. The van der Waals surface area contributed by atoms with Crippen LogP contribution in [0.1, 0.15) is 45.5 Å². The van der Waals surface area contributed by atoms with Crippen LogP contribution in [-0.2, 0) is 12.8 Å². The van der Waals surface area contributed by atoms with Crippen molar-refractivity contribution in [2.24, 2.45) is 0 Å². The third-order valence-electron chi connectivity index (χ3n) is 7.72. The highest BCUT2D eigenvalue weighted by molar-refractivity contribution is 5.98. The van der Waals surface area contributed by atoms with Gasteiger partial charge in [0.05, 0.1) is 11.1 Å². The molecule has 3 aliphatic rings. The van der Waals surface area contributed by atoms with Gasteiger partial charge in [0.2, 0.25) is 5.36 Å². The number of hydrogen-bond acceptors (Lipinski definition) is 4. The number of nitrogens with zero attached hydrogens (tertiary/aromatic N) is 1. The first kappa shape index (κ1) is 22.6. The van der Waals surface area contributed by atoms with Crippen molar-refractivity contribution in [2.75, 3.05) is 18.8 Å². The van der Waals surface area contributed by atoms with Crippen LogP contribution in [-0.4, -0.2) is 24.2 Å². The predicted molar refractivity (Wildman–Crippen MR) is 146 cm³/mol. The van der Waals surface area contributed by atoms with Gasteiger partial charge in [-0.25, -0.2) is 9.37 Å². The summed E-state index contributed by atoms with van der Waals surface area (Å²) in [5.41, 5.74) is 11.8. The molecule has 0 unspecified atom stereocenters. The van der Waals surface area contributed by atoms with Gasteiger partial charge in [0.25, 0.3) is 0 Å². The fourth-order valence-electron chi connectivity index (χ4n) is 6.10. The van der Waals surface area contributed by atoms with E-state index in [1.54, 1.807) is 24.3 Å². The predicted octanol–water partition coefficient (Wildman–Crippen LogP) is 4.50. The molecule has 3 N–H and O–H groups in total. The molecule has 188 valence electrons. The molecule has 4 aromatic carbocycles. The van der Waals surface area contributed by atoms with Crippen LogP contribution in [0.5, 0.6) is 23.0 Å². The van der Waals surface area contributed by atoms with Crippen LogP contribution < -0.4 is 30.4 Å². The lowest BCUT2D eigenvalue weighted by atomic mass is 9.86. The highest BCUT2D eigenvalue weighted by Gasteiger charge is 2.32. The van der Waals surface area contributed by atoms with Crippen molar-refractivity contribution >= 4 is 17.2 Å². The molecule has 38 heavy (non-hydrogen) atoms. The summed E-state index contributed by atoms with van der Waals surface area (Å²) >= 11 is 0. The number of rotatable bonds is 4. The first-order valence-electron chi connectivity index (χ1n) is 13.1. The maximum atomic E-state index is 12.3. The van der Waals surface area contributed by atoms with E-state index in [4.69, 9.17) is 15.2 Å². The van der Waals surface area contributed by atoms with Gasteiger partial charge in [-0.15, -0.1) is 0 Å². The topological polar surface area (TPSA) is 84.8 Å². The number of ether oxygens (including phenoxy) is 2. The van der Waals surface area contributed by atoms with Gasteiger partial charge in [0.15, 0.2) is 0 Å². The summed E-state index contributed by atoms with van der Waals surface area (Å²) in [6.07, 6.45) is 4.14. The number of fused-ring (bicyclic) bond motifs is 3. The second kappa shape index (κ2) is 8.77. The van der Waals surface area contributed by atoms with Crippen molar-refractivity contribution in [1.29, 1.82) is 0 Å².